The van der Waals surface area contributed by atoms with Crippen LogP contribution in [0.25, 0.3) is 11.0 Å². The number of imidazole rings is 1. The number of nitrogens with one attached hydrogen (secondary N) is 2. The summed E-state index contributed by atoms with van der Waals surface area (Å²) in [5.41, 5.74) is 5.99. The molecule has 0 aliphatic rings. The average molecular weight is 444 g/mol. The van der Waals surface area contributed by atoms with E-state index in [1.54, 1.807) is 43.5 Å². The van der Waals surface area contributed by atoms with Crippen molar-refractivity contribution in [2.45, 2.75) is 13.3 Å². The van der Waals surface area contributed by atoms with Crippen molar-refractivity contribution < 1.29 is 19.4 Å². The van der Waals surface area contributed by atoms with Crippen molar-refractivity contribution in [3.8, 4) is 17.2 Å². The summed E-state index contributed by atoms with van der Waals surface area (Å²) in [6.45, 7) is 2.27. The van der Waals surface area contributed by atoms with E-state index in [1.807, 2.05) is 31.2 Å². The molecule has 8 nitrogen and oxygen atoms in total. The Bertz CT molecular complexity index is 1300. The van der Waals surface area contributed by atoms with Crippen molar-refractivity contribution >= 4 is 23.2 Å². The number of carbonyl (C=O) groups excluding carboxylic acids is 1. The third kappa shape index (κ3) is 5.12. The summed E-state index contributed by atoms with van der Waals surface area (Å²) in [6.07, 6.45) is 2.01. The molecule has 0 unspecified atom stereocenters. The minimum atomic E-state index is -0.375. The molecule has 0 radical (unpaired) electrons. The molecule has 1 heterocycles. The van der Waals surface area contributed by atoms with Crippen LogP contribution >= 0.6 is 0 Å². The monoisotopic (exact) mass is 444 g/mol. The summed E-state index contributed by atoms with van der Waals surface area (Å²) in [5.74, 6) is 1.57. The number of phenolic OH excluding ortho intramolecular Hbond substituents is 1. The molecule has 4 aromatic rings. The fourth-order valence-electron chi connectivity index (χ4n) is 3.36. The Hall–Kier alpha value is -4.33. The number of rotatable bonds is 8. The number of aromatic nitrogens is 2. The Kier molecular flexibility index (Phi) is 6.54. The normalized spacial score (nSPS) is 11.1. The van der Waals surface area contributed by atoms with Gasteiger partial charge in [0.2, 0.25) is 0 Å². The minimum Gasteiger partial charge on any atom is -0.504 e. The maximum Gasteiger partial charge on any atom is 0.271 e. The fraction of sp³-hybridized carbons (Fsp3) is 0.160. The largest absolute Gasteiger partial charge is 0.504 e. The number of para-hydroxylation sites is 1. The van der Waals surface area contributed by atoms with Crippen molar-refractivity contribution in [3.05, 3.63) is 83.2 Å². The highest BCUT2D eigenvalue weighted by Crippen LogP contribution is 2.28. The topological polar surface area (TPSA) is 109 Å². The highest BCUT2D eigenvalue weighted by Gasteiger charge is 2.10. The SMILES string of the molecule is CCOc1cccc(/C=N\NC(=O)c2ccc3nc(Cc4ccc(OC)cc4)[nH]c3c2)c1O. The molecule has 0 atom stereocenters. The van der Waals surface area contributed by atoms with Gasteiger partial charge in [0, 0.05) is 17.5 Å². The molecule has 1 amide bonds. The highest BCUT2D eigenvalue weighted by atomic mass is 16.5. The van der Waals surface area contributed by atoms with Crippen LogP contribution in [-0.4, -0.2) is 40.9 Å². The maximum atomic E-state index is 12.5. The second kappa shape index (κ2) is 9.86. The van der Waals surface area contributed by atoms with Crippen LogP contribution in [0.5, 0.6) is 17.2 Å². The van der Waals surface area contributed by atoms with Gasteiger partial charge in [-0.3, -0.25) is 4.79 Å². The molecule has 8 heteroatoms. The molecule has 1 aromatic heterocycles. The molecule has 33 heavy (non-hydrogen) atoms. The molecule has 0 aliphatic heterocycles. The van der Waals surface area contributed by atoms with E-state index in [2.05, 4.69) is 20.5 Å². The quantitative estimate of drug-likeness (QED) is 0.281. The molecule has 0 aliphatic carbocycles. The third-order valence-corrected chi connectivity index (χ3v) is 5.02. The van der Waals surface area contributed by atoms with Crippen molar-refractivity contribution in [2.24, 2.45) is 5.10 Å². The van der Waals surface area contributed by atoms with E-state index in [0.29, 0.717) is 29.9 Å². The van der Waals surface area contributed by atoms with E-state index in [-0.39, 0.29) is 11.7 Å². The van der Waals surface area contributed by atoms with Crippen molar-refractivity contribution in [2.75, 3.05) is 13.7 Å². The number of methoxy groups -OCH3 is 1. The number of carbonyl (C=O) groups is 1. The number of amides is 1. The zero-order valence-corrected chi connectivity index (χ0v) is 18.3. The highest BCUT2D eigenvalue weighted by molar-refractivity contribution is 5.98. The van der Waals surface area contributed by atoms with Crippen LogP contribution in [0.4, 0.5) is 0 Å². The van der Waals surface area contributed by atoms with Gasteiger partial charge in [0.1, 0.15) is 11.6 Å². The van der Waals surface area contributed by atoms with Gasteiger partial charge < -0.3 is 19.6 Å². The predicted molar refractivity (Wildman–Crippen MR) is 126 cm³/mol. The Morgan fingerprint density at radius 3 is 2.76 bits per heavy atom. The molecule has 0 saturated carbocycles. The number of ether oxygens (including phenoxy) is 2. The summed E-state index contributed by atoms with van der Waals surface area (Å²) in [5, 5.41) is 14.2. The molecular weight excluding hydrogens is 420 g/mol. The maximum absolute atomic E-state index is 12.5. The lowest BCUT2D eigenvalue weighted by Crippen LogP contribution is -2.17. The number of nitrogens with zero attached hydrogens (tertiary/aromatic N) is 2. The van der Waals surface area contributed by atoms with E-state index in [1.165, 1.54) is 6.21 Å². The first-order valence-electron chi connectivity index (χ1n) is 10.5. The Labute approximate surface area is 190 Å². The van der Waals surface area contributed by atoms with Gasteiger partial charge in [0.05, 0.1) is 31.0 Å². The third-order valence-electron chi connectivity index (χ3n) is 5.02. The van der Waals surface area contributed by atoms with Gasteiger partial charge >= 0.3 is 0 Å². The number of phenols is 1. The van der Waals surface area contributed by atoms with E-state index in [9.17, 15) is 9.90 Å². The van der Waals surface area contributed by atoms with Crippen LogP contribution in [0.15, 0.2) is 65.8 Å². The molecule has 4 rings (SSSR count). The number of benzene rings is 3. The summed E-state index contributed by atoms with van der Waals surface area (Å²) >= 11 is 0. The summed E-state index contributed by atoms with van der Waals surface area (Å²) < 4.78 is 10.5. The lowest BCUT2D eigenvalue weighted by molar-refractivity contribution is 0.0955. The van der Waals surface area contributed by atoms with Crippen LogP contribution in [0, 0.1) is 0 Å². The van der Waals surface area contributed by atoms with Gasteiger partial charge in [-0.25, -0.2) is 10.4 Å². The summed E-state index contributed by atoms with van der Waals surface area (Å²) in [6, 6.07) is 18.1. The van der Waals surface area contributed by atoms with E-state index < -0.39 is 0 Å². The number of hydrogen-bond donors (Lipinski definition) is 3. The Morgan fingerprint density at radius 1 is 1.18 bits per heavy atom. The van der Waals surface area contributed by atoms with Crippen LogP contribution in [0.2, 0.25) is 0 Å². The summed E-state index contributed by atoms with van der Waals surface area (Å²) in [4.78, 5) is 20.4. The van der Waals surface area contributed by atoms with Gasteiger partial charge in [-0.15, -0.1) is 0 Å². The number of H-pyrrole nitrogens is 1. The van der Waals surface area contributed by atoms with E-state index >= 15 is 0 Å². The zero-order valence-electron chi connectivity index (χ0n) is 18.3. The van der Waals surface area contributed by atoms with Gasteiger partial charge in [-0.05, 0) is 55.0 Å². The van der Waals surface area contributed by atoms with Crippen LogP contribution in [0.3, 0.4) is 0 Å². The van der Waals surface area contributed by atoms with Gasteiger partial charge in [0.15, 0.2) is 11.5 Å². The van der Waals surface area contributed by atoms with Crippen LogP contribution < -0.4 is 14.9 Å². The van der Waals surface area contributed by atoms with E-state index in [0.717, 1.165) is 28.2 Å². The molecule has 0 saturated heterocycles. The number of hydrazone groups is 1. The van der Waals surface area contributed by atoms with Gasteiger partial charge in [-0.2, -0.15) is 5.10 Å². The second-order valence-corrected chi connectivity index (χ2v) is 7.27. The van der Waals surface area contributed by atoms with Crippen molar-refractivity contribution in [1.29, 1.82) is 0 Å². The zero-order chi connectivity index (χ0) is 23.2. The average Bonchev–Trinajstić information content (AvgIpc) is 3.23. The number of aromatic amines is 1. The molecule has 3 N–H and O–H groups in total. The first-order valence-corrected chi connectivity index (χ1v) is 10.5. The smallest absolute Gasteiger partial charge is 0.271 e. The molecule has 0 spiro atoms. The van der Waals surface area contributed by atoms with E-state index in [4.69, 9.17) is 9.47 Å². The van der Waals surface area contributed by atoms with Crippen LogP contribution in [-0.2, 0) is 6.42 Å². The summed E-state index contributed by atoms with van der Waals surface area (Å²) in [7, 11) is 1.64. The lowest BCUT2D eigenvalue weighted by atomic mass is 10.1. The van der Waals surface area contributed by atoms with Crippen molar-refractivity contribution in [1.82, 2.24) is 15.4 Å². The number of hydrogen-bond acceptors (Lipinski definition) is 6. The molecule has 0 bridgehead atoms. The second-order valence-electron chi connectivity index (χ2n) is 7.27. The van der Waals surface area contributed by atoms with Crippen molar-refractivity contribution in [3.63, 3.8) is 0 Å². The first kappa shape index (κ1) is 21.9. The Morgan fingerprint density at radius 2 is 2.00 bits per heavy atom. The molecule has 3 aromatic carbocycles. The first-order chi connectivity index (χ1) is 16.1. The fourth-order valence-corrected chi connectivity index (χ4v) is 3.36. The number of fused-ring (bicyclic) bond motifs is 1. The standard InChI is InChI=1S/C25H24N4O4/c1-3-33-22-6-4-5-18(24(22)30)15-26-29-25(31)17-9-12-20-21(14-17)28-23(27-20)13-16-7-10-19(32-2)11-8-16/h4-12,14-15,30H,3,13H2,1-2H3,(H,27,28)(H,29,31)/b26-15-. The van der Waals surface area contributed by atoms with Gasteiger partial charge in [-0.1, -0.05) is 18.2 Å². The molecule has 168 valence electrons. The molecule has 0 fully saturated rings. The van der Waals surface area contributed by atoms with Crippen LogP contribution in [0.1, 0.15) is 34.2 Å². The van der Waals surface area contributed by atoms with Gasteiger partial charge in [0.25, 0.3) is 5.91 Å². The molecular formula is C25H24N4O4. The Balaban J connectivity index is 1.44. The number of aromatic hydroxyl groups is 1. The predicted octanol–water partition coefficient (Wildman–Crippen LogP) is 4.03. The lowest BCUT2D eigenvalue weighted by Gasteiger charge is -2.07. The minimum absolute atomic E-state index is 0.0272.